The second-order valence-electron chi connectivity index (χ2n) is 6.40. The van der Waals surface area contributed by atoms with E-state index in [0.29, 0.717) is 12.0 Å². The lowest BCUT2D eigenvalue weighted by molar-refractivity contribution is 0.200. The van der Waals surface area contributed by atoms with Crippen LogP contribution in [0.4, 0.5) is 5.69 Å². The van der Waals surface area contributed by atoms with E-state index in [2.05, 4.69) is 29.4 Å². The Kier molecular flexibility index (Phi) is 3.66. The van der Waals surface area contributed by atoms with Crippen LogP contribution in [0.25, 0.3) is 11.4 Å². The first-order chi connectivity index (χ1) is 10.1. The summed E-state index contributed by atoms with van der Waals surface area (Å²) < 4.78 is 1.98. The number of para-hydroxylation sites is 1. The van der Waals surface area contributed by atoms with Crippen molar-refractivity contribution >= 4 is 5.69 Å². The molecule has 1 saturated carbocycles. The van der Waals surface area contributed by atoms with Gasteiger partial charge in [0.1, 0.15) is 0 Å². The maximum Gasteiger partial charge on any atom is 0.184 e. The molecule has 3 rings (SSSR count). The molecule has 1 aromatic heterocycles. The summed E-state index contributed by atoms with van der Waals surface area (Å²) in [6.45, 7) is 6.67. The molecule has 1 fully saturated rings. The fraction of sp³-hybridized carbons (Fsp3) is 0.562. The van der Waals surface area contributed by atoms with Crippen molar-refractivity contribution in [2.24, 2.45) is 11.8 Å². The number of nitrogens with zero attached hydrogens (tertiary/aromatic N) is 4. The van der Waals surface area contributed by atoms with Crippen molar-refractivity contribution in [3.8, 4) is 11.4 Å². The molecule has 2 aromatic rings. The number of hydrogen-bond donors (Lipinski definition) is 1. The monoisotopic (exact) mass is 285 g/mol. The zero-order chi connectivity index (χ0) is 15.0. The topological polar surface area (TPSA) is 69.6 Å². The highest BCUT2D eigenvalue weighted by molar-refractivity contribution is 5.74. The Labute approximate surface area is 125 Å². The van der Waals surface area contributed by atoms with Gasteiger partial charge in [0.25, 0.3) is 0 Å². The molecule has 1 aliphatic carbocycles. The summed E-state index contributed by atoms with van der Waals surface area (Å²) in [7, 11) is 0. The quantitative estimate of drug-likeness (QED) is 0.860. The van der Waals surface area contributed by atoms with E-state index in [-0.39, 0.29) is 0 Å². The summed E-state index contributed by atoms with van der Waals surface area (Å²) in [6.07, 6.45) is 3.49. The van der Waals surface area contributed by atoms with Gasteiger partial charge in [-0.05, 0) is 60.1 Å². The Morgan fingerprint density at radius 2 is 2.00 bits per heavy atom. The van der Waals surface area contributed by atoms with Crippen LogP contribution >= 0.6 is 0 Å². The van der Waals surface area contributed by atoms with Crippen LogP contribution in [0.15, 0.2) is 18.2 Å². The summed E-state index contributed by atoms with van der Waals surface area (Å²) in [5, 5.41) is 12.4. The number of anilines is 1. The summed E-state index contributed by atoms with van der Waals surface area (Å²) >= 11 is 0. The van der Waals surface area contributed by atoms with Crippen molar-refractivity contribution in [2.75, 3.05) is 5.73 Å². The van der Waals surface area contributed by atoms with E-state index in [1.54, 1.807) is 0 Å². The van der Waals surface area contributed by atoms with Crippen LogP contribution in [0.3, 0.4) is 0 Å². The Bertz CT molecular complexity index is 633. The summed E-state index contributed by atoms with van der Waals surface area (Å²) in [5.74, 6) is 2.28. The Morgan fingerprint density at radius 1 is 1.19 bits per heavy atom. The molecule has 1 aliphatic rings. The van der Waals surface area contributed by atoms with Crippen LogP contribution < -0.4 is 5.73 Å². The van der Waals surface area contributed by atoms with Gasteiger partial charge in [-0.1, -0.05) is 26.0 Å². The molecule has 3 unspecified atom stereocenters. The molecule has 1 heterocycles. The average Bonchev–Trinajstić information content (AvgIpc) is 2.94. The molecule has 21 heavy (non-hydrogen) atoms. The lowest BCUT2D eigenvalue weighted by Crippen LogP contribution is -2.24. The van der Waals surface area contributed by atoms with Gasteiger partial charge in [0, 0.05) is 11.3 Å². The zero-order valence-electron chi connectivity index (χ0n) is 13.0. The van der Waals surface area contributed by atoms with Crippen LogP contribution in [0.5, 0.6) is 0 Å². The molecule has 3 atom stereocenters. The number of nitrogens with two attached hydrogens (primary N) is 1. The van der Waals surface area contributed by atoms with E-state index >= 15 is 0 Å². The minimum absolute atomic E-state index is 0.376. The molecule has 0 amide bonds. The van der Waals surface area contributed by atoms with Gasteiger partial charge < -0.3 is 5.73 Å². The van der Waals surface area contributed by atoms with Gasteiger partial charge in [-0.2, -0.15) is 0 Å². The van der Waals surface area contributed by atoms with E-state index in [1.807, 2.05) is 29.8 Å². The lowest BCUT2D eigenvalue weighted by Gasteiger charge is -2.32. The van der Waals surface area contributed by atoms with Gasteiger partial charge in [0.15, 0.2) is 5.82 Å². The van der Waals surface area contributed by atoms with Gasteiger partial charge >= 0.3 is 0 Å². The van der Waals surface area contributed by atoms with Gasteiger partial charge in [0.2, 0.25) is 0 Å². The van der Waals surface area contributed by atoms with Crippen LogP contribution in [0.1, 0.15) is 44.7 Å². The van der Waals surface area contributed by atoms with Crippen molar-refractivity contribution in [2.45, 2.75) is 46.1 Å². The van der Waals surface area contributed by atoms with Crippen molar-refractivity contribution in [1.82, 2.24) is 20.2 Å². The van der Waals surface area contributed by atoms with Gasteiger partial charge in [-0.15, -0.1) is 5.10 Å². The minimum Gasteiger partial charge on any atom is -0.398 e. The fourth-order valence-electron chi connectivity index (χ4n) is 3.23. The van der Waals surface area contributed by atoms with Crippen LogP contribution in [0.2, 0.25) is 0 Å². The normalized spacial score (nSPS) is 26.0. The molecule has 1 aromatic carbocycles. The smallest absolute Gasteiger partial charge is 0.184 e. The molecule has 0 saturated heterocycles. The largest absolute Gasteiger partial charge is 0.398 e. The molecule has 5 heteroatoms. The van der Waals surface area contributed by atoms with Crippen molar-refractivity contribution < 1.29 is 0 Å². The third-order valence-electron chi connectivity index (χ3n) is 4.97. The molecule has 0 bridgehead atoms. The Hall–Kier alpha value is -1.91. The van der Waals surface area contributed by atoms with E-state index in [1.165, 1.54) is 6.42 Å². The molecular weight excluding hydrogens is 262 g/mol. The maximum atomic E-state index is 6.21. The first-order valence-electron chi connectivity index (χ1n) is 7.71. The zero-order valence-corrected chi connectivity index (χ0v) is 13.0. The Morgan fingerprint density at radius 3 is 2.76 bits per heavy atom. The highest BCUT2D eigenvalue weighted by Crippen LogP contribution is 2.38. The number of hydrogen-bond acceptors (Lipinski definition) is 4. The van der Waals surface area contributed by atoms with E-state index < -0.39 is 0 Å². The van der Waals surface area contributed by atoms with Crippen LogP contribution in [-0.2, 0) is 0 Å². The van der Waals surface area contributed by atoms with Crippen molar-refractivity contribution in [3.63, 3.8) is 0 Å². The molecule has 0 radical (unpaired) electrons. The molecule has 0 spiro atoms. The number of tetrazole rings is 1. The first kappa shape index (κ1) is 14.0. The molecule has 2 N–H and O–H groups in total. The molecule has 112 valence electrons. The first-order valence-corrected chi connectivity index (χ1v) is 7.71. The number of aromatic nitrogens is 4. The molecule has 0 aliphatic heterocycles. The van der Waals surface area contributed by atoms with Crippen molar-refractivity contribution in [1.29, 1.82) is 0 Å². The highest BCUT2D eigenvalue weighted by Gasteiger charge is 2.28. The second kappa shape index (κ2) is 5.47. The molecule has 5 nitrogen and oxygen atoms in total. The highest BCUT2D eigenvalue weighted by atomic mass is 15.5. The third-order valence-corrected chi connectivity index (χ3v) is 4.97. The lowest BCUT2D eigenvalue weighted by atomic mass is 9.79. The summed E-state index contributed by atoms with van der Waals surface area (Å²) in [5.41, 5.74) is 8.98. The second-order valence-corrected chi connectivity index (χ2v) is 6.40. The maximum absolute atomic E-state index is 6.21. The summed E-state index contributed by atoms with van der Waals surface area (Å²) in [4.78, 5) is 0. The van der Waals surface area contributed by atoms with Gasteiger partial charge in [0.05, 0.1) is 6.04 Å². The van der Waals surface area contributed by atoms with Gasteiger partial charge in [-0.3, -0.25) is 0 Å². The number of rotatable bonds is 2. The average molecular weight is 285 g/mol. The third kappa shape index (κ3) is 2.52. The number of benzene rings is 1. The number of aryl methyl sites for hydroxylation is 1. The van der Waals surface area contributed by atoms with Crippen molar-refractivity contribution in [3.05, 3.63) is 23.8 Å². The molecular formula is C16H23N5. The predicted octanol–water partition coefficient (Wildman–Crippen LogP) is 3.23. The van der Waals surface area contributed by atoms with E-state index in [0.717, 1.165) is 41.4 Å². The summed E-state index contributed by atoms with van der Waals surface area (Å²) in [6, 6.07) is 6.39. The van der Waals surface area contributed by atoms with Gasteiger partial charge in [-0.25, -0.2) is 4.68 Å². The number of nitrogen functional groups attached to an aromatic ring is 1. The minimum atomic E-state index is 0.376. The SMILES string of the molecule is Cc1cccc(-c2nnnn2C2CCC(C)C(C)C2)c1N. The predicted molar refractivity (Wildman–Crippen MR) is 83.6 cm³/mol. The van der Waals surface area contributed by atoms with E-state index in [4.69, 9.17) is 5.73 Å². The van der Waals surface area contributed by atoms with Crippen LogP contribution in [0, 0.1) is 18.8 Å². The van der Waals surface area contributed by atoms with E-state index in [9.17, 15) is 0 Å². The Balaban J connectivity index is 1.96. The van der Waals surface area contributed by atoms with Crippen LogP contribution in [-0.4, -0.2) is 20.2 Å². The fourth-order valence-corrected chi connectivity index (χ4v) is 3.23. The standard InChI is InChI=1S/C16H23N5/c1-10-7-8-13(9-12(10)3)21-16(18-19-20-21)14-6-4-5-11(2)15(14)17/h4-6,10,12-13H,7-9,17H2,1-3H3.